The molecule has 1 N–H and O–H groups in total. The highest BCUT2D eigenvalue weighted by Gasteiger charge is 2.10. The molecule has 0 radical (unpaired) electrons. The van der Waals surface area contributed by atoms with Crippen LogP contribution in [0, 0.1) is 13.8 Å². The molecule has 2 rings (SSSR count). The Morgan fingerprint density at radius 3 is 2.53 bits per heavy atom. The molecule has 19 heavy (non-hydrogen) atoms. The highest BCUT2D eigenvalue weighted by molar-refractivity contribution is 7.98. The normalized spacial score (nSPS) is 10.3. The topological polar surface area (TPSA) is 29.1 Å². The first-order valence-corrected chi connectivity index (χ1v) is 7.36. The van der Waals surface area contributed by atoms with Gasteiger partial charge in [0.1, 0.15) is 0 Å². The number of rotatable bonds is 3. The predicted molar refractivity (Wildman–Crippen MR) is 82.1 cm³/mol. The molecule has 0 atom stereocenters. The van der Waals surface area contributed by atoms with Gasteiger partial charge in [-0.2, -0.15) is 0 Å². The Bertz CT molecular complexity index is 607. The zero-order valence-electron chi connectivity index (χ0n) is 11.4. The lowest BCUT2D eigenvalue weighted by Crippen LogP contribution is -2.14. The summed E-state index contributed by atoms with van der Waals surface area (Å²) in [5, 5.41) is 2.98. The lowest BCUT2D eigenvalue weighted by Gasteiger charge is -2.11. The molecule has 0 spiro atoms. The molecule has 0 heterocycles. The lowest BCUT2D eigenvalue weighted by molar-refractivity contribution is 0.102. The second-order valence-electron chi connectivity index (χ2n) is 4.47. The number of aryl methyl sites for hydroxylation is 2. The SMILES string of the molecule is CSc1ccccc1NC(=O)c1ccc(C)cc1C. The van der Waals surface area contributed by atoms with E-state index in [9.17, 15) is 4.79 Å². The second-order valence-corrected chi connectivity index (χ2v) is 5.32. The quantitative estimate of drug-likeness (QED) is 0.844. The third-order valence-electron chi connectivity index (χ3n) is 2.98. The summed E-state index contributed by atoms with van der Waals surface area (Å²) in [7, 11) is 0. The smallest absolute Gasteiger partial charge is 0.255 e. The minimum atomic E-state index is -0.0565. The molecule has 3 heteroatoms. The van der Waals surface area contributed by atoms with E-state index in [1.54, 1.807) is 11.8 Å². The largest absolute Gasteiger partial charge is 0.321 e. The summed E-state index contributed by atoms with van der Waals surface area (Å²) < 4.78 is 0. The van der Waals surface area contributed by atoms with E-state index in [0.29, 0.717) is 0 Å². The van der Waals surface area contributed by atoms with Crippen LogP contribution in [-0.4, -0.2) is 12.2 Å². The maximum atomic E-state index is 12.3. The first-order valence-electron chi connectivity index (χ1n) is 6.13. The second kappa shape index (κ2) is 5.93. The van der Waals surface area contributed by atoms with Crippen LogP contribution in [0.15, 0.2) is 47.4 Å². The summed E-state index contributed by atoms with van der Waals surface area (Å²) in [6, 6.07) is 13.7. The van der Waals surface area contributed by atoms with Crippen LogP contribution >= 0.6 is 11.8 Å². The molecule has 0 aliphatic heterocycles. The number of hydrogen-bond donors (Lipinski definition) is 1. The van der Waals surface area contributed by atoms with E-state index >= 15 is 0 Å². The Balaban J connectivity index is 2.26. The molecule has 0 aliphatic rings. The fourth-order valence-corrected chi connectivity index (χ4v) is 2.56. The molecule has 98 valence electrons. The first-order chi connectivity index (χ1) is 9.11. The van der Waals surface area contributed by atoms with E-state index in [-0.39, 0.29) is 5.91 Å². The number of nitrogens with one attached hydrogen (secondary N) is 1. The summed E-state index contributed by atoms with van der Waals surface area (Å²) in [5.74, 6) is -0.0565. The molecule has 2 nitrogen and oxygen atoms in total. The van der Waals surface area contributed by atoms with Crippen LogP contribution < -0.4 is 5.32 Å². The van der Waals surface area contributed by atoms with Gasteiger partial charge in [0.05, 0.1) is 5.69 Å². The summed E-state index contributed by atoms with van der Waals surface area (Å²) in [5.41, 5.74) is 3.75. The van der Waals surface area contributed by atoms with E-state index < -0.39 is 0 Å². The van der Waals surface area contributed by atoms with Crippen molar-refractivity contribution in [3.05, 3.63) is 59.2 Å². The predicted octanol–water partition coefficient (Wildman–Crippen LogP) is 4.28. The fraction of sp³-hybridized carbons (Fsp3) is 0.188. The number of anilines is 1. The Morgan fingerprint density at radius 2 is 1.84 bits per heavy atom. The lowest BCUT2D eigenvalue weighted by atomic mass is 10.1. The minimum absolute atomic E-state index is 0.0565. The van der Waals surface area contributed by atoms with E-state index in [0.717, 1.165) is 21.7 Å². The Morgan fingerprint density at radius 1 is 1.11 bits per heavy atom. The average Bonchev–Trinajstić information content (AvgIpc) is 2.39. The van der Waals surface area contributed by atoms with Crippen molar-refractivity contribution < 1.29 is 4.79 Å². The third kappa shape index (κ3) is 3.18. The van der Waals surface area contributed by atoms with Crippen LogP contribution in [0.5, 0.6) is 0 Å². The first kappa shape index (κ1) is 13.7. The molecule has 0 saturated heterocycles. The van der Waals surface area contributed by atoms with Gasteiger partial charge >= 0.3 is 0 Å². The van der Waals surface area contributed by atoms with Gasteiger partial charge in [-0.1, -0.05) is 29.8 Å². The maximum absolute atomic E-state index is 12.3. The van der Waals surface area contributed by atoms with Crippen LogP contribution in [0.25, 0.3) is 0 Å². The van der Waals surface area contributed by atoms with E-state index in [1.165, 1.54) is 5.56 Å². The van der Waals surface area contributed by atoms with Crippen molar-refractivity contribution >= 4 is 23.4 Å². The molecule has 0 unspecified atom stereocenters. The van der Waals surface area contributed by atoms with E-state index in [1.807, 2.05) is 62.6 Å². The van der Waals surface area contributed by atoms with Crippen LogP contribution in [0.1, 0.15) is 21.5 Å². The summed E-state index contributed by atoms with van der Waals surface area (Å²) in [4.78, 5) is 13.4. The van der Waals surface area contributed by atoms with Gasteiger partial charge in [0.25, 0.3) is 5.91 Å². The summed E-state index contributed by atoms with van der Waals surface area (Å²) >= 11 is 1.62. The number of para-hydroxylation sites is 1. The molecule has 2 aromatic carbocycles. The highest BCUT2D eigenvalue weighted by Crippen LogP contribution is 2.25. The van der Waals surface area contributed by atoms with Crippen molar-refractivity contribution in [2.24, 2.45) is 0 Å². The van der Waals surface area contributed by atoms with E-state index in [4.69, 9.17) is 0 Å². The fourth-order valence-electron chi connectivity index (χ4n) is 2.01. The zero-order chi connectivity index (χ0) is 13.8. The Labute approximate surface area is 118 Å². The van der Waals surface area contributed by atoms with Crippen LogP contribution in [0.3, 0.4) is 0 Å². The van der Waals surface area contributed by atoms with E-state index in [2.05, 4.69) is 5.32 Å². The molecule has 0 aromatic heterocycles. The van der Waals surface area contributed by atoms with Crippen molar-refractivity contribution in [2.75, 3.05) is 11.6 Å². The van der Waals surface area contributed by atoms with Gasteiger partial charge in [-0.3, -0.25) is 4.79 Å². The van der Waals surface area contributed by atoms with Gasteiger partial charge in [0.15, 0.2) is 0 Å². The van der Waals surface area contributed by atoms with Gasteiger partial charge in [-0.15, -0.1) is 11.8 Å². The van der Waals surface area contributed by atoms with Gasteiger partial charge in [0.2, 0.25) is 0 Å². The molecule has 0 saturated carbocycles. The highest BCUT2D eigenvalue weighted by atomic mass is 32.2. The number of benzene rings is 2. The molecule has 0 aliphatic carbocycles. The summed E-state index contributed by atoms with van der Waals surface area (Å²) in [6.07, 6.45) is 2.00. The van der Waals surface area contributed by atoms with Crippen molar-refractivity contribution in [3.8, 4) is 0 Å². The van der Waals surface area contributed by atoms with Crippen LogP contribution in [0.4, 0.5) is 5.69 Å². The number of thioether (sulfide) groups is 1. The summed E-state index contributed by atoms with van der Waals surface area (Å²) in [6.45, 7) is 3.99. The van der Waals surface area contributed by atoms with Crippen molar-refractivity contribution in [1.82, 2.24) is 0 Å². The van der Waals surface area contributed by atoms with Crippen molar-refractivity contribution in [2.45, 2.75) is 18.7 Å². The third-order valence-corrected chi connectivity index (χ3v) is 3.78. The molecular formula is C16H17NOS. The number of hydrogen-bond acceptors (Lipinski definition) is 2. The van der Waals surface area contributed by atoms with Gasteiger partial charge in [0, 0.05) is 10.5 Å². The molecular weight excluding hydrogens is 254 g/mol. The van der Waals surface area contributed by atoms with Crippen LogP contribution in [-0.2, 0) is 0 Å². The standard InChI is InChI=1S/C16H17NOS/c1-11-8-9-13(12(2)10-11)16(18)17-14-6-4-5-7-15(14)19-3/h4-10H,1-3H3,(H,17,18). The zero-order valence-corrected chi connectivity index (χ0v) is 12.2. The Kier molecular flexibility index (Phi) is 4.27. The molecule has 1 amide bonds. The van der Waals surface area contributed by atoms with Crippen LogP contribution in [0.2, 0.25) is 0 Å². The van der Waals surface area contributed by atoms with Crippen molar-refractivity contribution in [3.63, 3.8) is 0 Å². The average molecular weight is 271 g/mol. The van der Waals surface area contributed by atoms with Gasteiger partial charge in [-0.05, 0) is 43.9 Å². The number of carbonyl (C=O) groups is 1. The minimum Gasteiger partial charge on any atom is -0.321 e. The van der Waals surface area contributed by atoms with Gasteiger partial charge < -0.3 is 5.32 Å². The Hall–Kier alpha value is -1.74. The number of amides is 1. The molecule has 2 aromatic rings. The van der Waals surface area contributed by atoms with Gasteiger partial charge in [-0.25, -0.2) is 0 Å². The maximum Gasteiger partial charge on any atom is 0.255 e. The van der Waals surface area contributed by atoms with Crippen molar-refractivity contribution in [1.29, 1.82) is 0 Å². The number of carbonyl (C=O) groups excluding carboxylic acids is 1. The monoisotopic (exact) mass is 271 g/mol. The molecule has 0 fully saturated rings. The molecule has 0 bridgehead atoms.